The van der Waals surface area contributed by atoms with Crippen LogP contribution in [0.5, 0.6) is 0 Å². The Bertz CT molecular complexity index is 169. The maximum absolute atomic E-state index is 5.66. The summed E-state index contributed by atoms with van der Waals surface area (Å²) in [6, 6.07) is 0. The van der Waals surface area contributed by atoms with E-state index in [1.54, 1.807) is 0 Å². The van der Waals surface area contributed by atoms with Gasteiger partial charge in [-0.05, 0) is 27.2 Å². The molecule has 1 aliphatic rings. The minimum absolute atomic E-state index is 0.383. The highest BCUT2D eigenvalue weighted by Gasteiger charge is 2.21. The van der Waals surface area contributed by atoms with Crippen LogP contribution in [0.3, 0.4) is 0 Å². The summed E-state index contributed by atoms with van der Waals surface area (Å²) in [5.74, 6) is 0. The summed E-state index contributed by atoms with van der Waals surface area (Å²) in [5, 5.41) is 0. The van der Waals surface area contributed by atoms with Crippen molar-refractivity contribution in [2.45, 2.75) is 39.4 Å². The van der Waals surface area contributed by atoms with E-state index in [9.17, 15) is 0 Å². The van der Waals surface area contributed by atoms with Gasteiger partial charge >= 0.3 is 0 Å². The Kier molecular flexibility index (Phi) is 3.94. The van der Waals surface area contributed by atoms with Crippen molar-refractivity contribution >= 4 is 0 Å². The maximum atomic E-state index is 5.66. The number of hydrogen-bond donors (Lipinski definition) is 0. The number of hydrogen-bond acceptors (Lipinski definition) is 2. The first-order valence-corrected chi connectivity index (χ1v) is 5.10. The molecule has 13 heavy (non-hydrogen) atoms. The minimum atomic E-state index is 0.383. The third-order valence-electron chi connectivity index (χ3n) is 2.35. The zero-order chi connectivity index (χ0) is 9.84. The fourth-order valence-corrected chi connectivity index (χ4v) is 1.82. The van der Waals surface area contributed by atoms with Gasteiger partial charge in [0.15, 0.2) is 0 Å². The van der Waals surface area contributed by atoms with Crippen molar-refractivity contribution < 1.29 is 4.74 Å². The van der Waals surface area contributed by atoms with E-state index in [1.165, 1.54) is 5.57 Å². The third-order valence-corrected chi connectivity index (χ3v) is 2.35. The average molecular weight is 183 g/mol. The van der Waals surface area contributed by atoms with Crippen molar-refractivity contribution in [3.63, 3.8) is 0 Å². The average Bonchev–Trinajstić information content (AvgIpc) is 1.99. The van der Waals surface area contributed by atoms with Gasteiger partial charge in [-0.2, -0.15) is 0 Å². The predicted molar refractivity (Wildman–Crippen MR) is 55.9 cm³/mol. The van der Waals surface area contributed by atoms with Gasteiger partial charge in [-0.25, -0.2) is 0 Å². The monoisotopic (exact) mass is 183 g/mol. The van der Waals surface area contributed by atoms with E-state index in [0.717, 1.165) is 26.1 Å². The molecular formula is C11H21NO. The van der Waals surface area contributed by atoms with Crippen molar-refractivity contribution in [2.75, 3.05) is 19.6 Å². The van der Waals surface area contributed by atoms with Crippen LogP contribution in [-0.2, 0) is 4.74 Å². The first-order chi connectivity index (χ1) is 6.08. The van der Waals surface area contributed by atoms with Crippen LogP contribution in [0.2, 0.25) is 0 Å². The van der Waals surface area contributed by atoms with Crippen LogP contribution in [0.1, 0.15) is 27.2 Å². The lowest BCUT2D eigenvalue weighted by molar-refractivity contribution is -0.0675. The second-order valence-electron chi connectivity index (χ2n) is 4.22. The molecule has 0 amide bonds. The Labute approximate surface area is 81.6 Å². The fourth-order valence-electron chi connectivity index (χ4n) is 1.82. The molecule has 1 aliphatic heterocycles. The van der Waals surface area contributed by atoms with Crippen LogP contribution in [-0.4, -0.2) is 36.7 Å². The van der Waals surface area contributed by atoms with Gasteiger partial charge in [-0.15, -0.1) is 6.58 Å². The largest absolute Gasteiger partial charge is 0.373 e. The zero-order valence-electron chi connectivity index (χ0n) is 9.05. The molecule has 0 saturated carbocycles. The Balaban J connectivity index is 2.28. The van der Waals surface area contributed by atoms with E-state index in [2.05, 4.69) is 32.3 Å². The van der Waals surface area contributed by atoms with Gasteiger partial charge in [0.05, 0.1) is 12.2 Å². The molecule has 0 radical (unpaired) electrons. The smallest absolute Gasteiger partial charge is 0.0678 e. The minimum Gasteiger partial charge on any atom is -0.373 e. The van der Waals surface area contributed by atoms with Crippen molar-refractivity contribution in [1.82, 2.24) is 4.90 Å². The van der Waals surface area contributed by atoms with Gasteiger partial charge in [0.2, 0.25) is 0 Å². The molecule has 0 aromatic carbocycles. The van der Waals surface area contributed by atoms with Gasteiger partial charge < -0.3 is 4.74 Å². The number of morpholine rings is 1. The van der Waals surface area contributed by atoms with Gasteiger partial charge in [0.25, 0.3) is 0 Å². The third kappa shape index (κ3) is 3.92. The Hall–Kier alpha value is -0.340. The predicted octanol–water partition coefficient (Wildman–Crippen LogP) is 2.06. The molecule has 1 heterocycles. The summed E-state index contributed by atoms with van der Waals surface area (Å²) in [6.45, 7) is 13.6. The highest BCUT2D eigenvalue weighted by atomic mass is 16.5. The molecule has 76 valence electrons. The molecule has 2 atom stereocenters. The van der Waals surface area contributed by atoms with E-state index in [1.807, 2.05) is 0 Å². The molecule has 1 saturated heterocycles. The topological polar surface area (TPSA) is 12.5 Å². The molecule has 0 aliphatic carbocycles. The summed E-state index contributed by atoms with van der Waals surface area (Å²) >= 11 is 0. The molecule has 1 rings (SSSR count). The van der Waals surface area contributed by atoms with Gasteiger partial charge in [0.1, 0.15) is 0 Å². The second-order valence-corrected chi connectivity index (χ2v) is 4.22. The molecule has 2 heteroatoms. The van der Waals surface area contributed by atoms with Crippen LogP contribution in [0.15, 0.2) is 12.2 Å². The Morgan fingerprint density at radius 2 is 1.92 bits per heavy atom. The fraction of sp³-hybridized carbons (Fsp3) is 0.818. The number of rotatable bonds is 3. The lowest BCUT2D eigenvalue weighted by Crippen LogP contribution is -2.45. The van der Waals surface area contributed by atoms with E-state index < -0.39 is 0 Å². The van der Waals surface area contributed by atoms with Gasteiger partial charge in [-0.3, -0.25) is 4.90 Å². The molecule has 0 aromatic rings. The van der Waals surface area contributed by atoms with Gasteiger partial charge in [0, 0.05) is 19.6 Å². The molecule has 0 N–H and O–H groups in total. The molecule has 2 nitrogen and oxygen atoms in total. The lowest BCUT2D eigenvalue weighted by atomic mass is 10.2. The van der Waals surface area contributed by atoms with Gasteiger partial charge in [-0.1, -0.05) is 5.57 Å². The van der Waals surface area contributed by atoms with Crippen LogP contribution < -0.4 is 0 Å². The first-order valence-electron chi connectivity index (χ1n) is 5.10. The van der Waals surface area contributed by atoms with E-state index in [4.69, 9.17) is 4.74 Å². The van der Waals surface area contributed by atoms with Crippen molar-refractivity contribution in [3.05, 3.63) is 12.2 Å². The molecule has 1 fully saturated rings. The summed E-state index contributed by atoms with van der Waals surface area (Å²) in [4.78, 5) is 2.47. The SMILES string of the molecule is C=C(C)CCN1C[C@@H](C)O[C@@H](C)C1. The van der Waals surface area contributed by atoms with Crippen LogP contribution in [0.4, 0.5) is 0 Å². The standard InChI is InChI=1S/C11H21NO/c1-9(2)5-6-12-7-10(3)13-11(4)8-12/h10-11H,1,5-8H2,2-4H3/t10-,11+. The molecular weight excluding hydrogens is 162 g/mol. The Morgan fingerprint density at radius 3 is 2.38 bits per heavy atom. The Morgan fingerprint density at radius 1 is 1.38 bits per heavy atom. The normalized spacial score (nSPS) is 30.4. The van der Waals surface area contributed by atoms with E-state index in [-0.39, 0.29) is 0 Å². The van der Waals surface area contributed by atoms with Crippen LogP contribution in [0, 0.1) is 0 Å². The van der Waals surface area contributed by atoms with Crippen LogP contribution in [0.25, 0.3) is 0 Å². The second kappa shape index (κ2) is 4.77. The van der Waals surface area contributed by atoms with Crippen molar-refractivity contribution in [2.24, 2.45) is 0 Å². The molecule has 0 spiro atoms. The summed E-state index contributed by atoms with van der Waals surface area (Å²) in [5.41, 5.74) is 1.27. The lowest BCUT2D eigenvalue weighted by Gasteiger charge is -2.35. The summed E-state index contributed by atoms with van der Waals surface area (Å²) < 4.78 is 5.66. The van der Waals surface area contributed by atoms with Crippen molar-refractivity contribution in [3.8, 4) is 0 Å². The van der Waals surface area contributed by atoms with E-state index in [0.29, 0.717) is 12.2 Å². The first kappa shape index (κ1) is 10.7. The van der Waals surface area contributed by atoms with E-state index >= 15 is 0 Å². The van der Waals surface area contributed by atoms with Crippen LogP contribution >= 0.6 is 0 Å². The molecule has 0 unspecified atom stereocenters. The number of ether oxygens (including phenoxy) is 1. The maximum Gasteiger partial charge on any atom is 0.0678 e. The van der Waals surface area contributed by atoms with Crippen molar-refractivity contribution in [1.29, 1.82) is 0 Å². The molecule has 0 aromatic heterocycles. The number of nitrogens with zero attached hydrogens (tertiary/aromatic N) is 1. The zero-order valence-corrected chi connectivity index (χ0v) is 9.05. The summed E-state index contributed by atoms with van der Waals surface area (Å²) in [6.07, 6.45) is 1.88. The highest BCUT2D eigenvalue weighted by Crippen LogP contribution is 2.11. The molecule has 0 bridgehead atoms. The quantitative estimate of drug-likeness (QED) is 0.621. The highest BCUT2D eigenvalue weighted by molar-refractivity contribution is 4.89. The summed E-state index contributed by atoms with van der Waals surface area (Å²) in [7, 11) is 0.